The summed E-state index contributed by atoms with van der Waals surface area (Å²) in [6.07, 6.45) is 6.56. The smallest absolute Gasteiger partial charge is 0.321 e. The topological polar surface area (TPSA) is 61.4 Å². The third-order valence-corrected chi connectivity index (χ3v) is 5.08. The van der Waals surface area contributed by atoms with E-state index in [0.717, 1.165) is 37.7 Å². The number of rotatable bonds is 6. The van der Waals surface area contributed by atoms with E-state index in [0.29, 0.717) is 6.54 Å². The molecule has 0 radical (unpaired) electrons. The molecule has 3 amide bonds. The Balaban J connectivity index is 1.79. The van der Waals surface area contributed by atoms with Crippen LogP contribution in [0.1, 0.15) is 57.1 Å². The molecule has 1 aromatic rings. The average molecular weight is 345 g/mol. The van der Waals surface area contributed by atoms with Gasteiger partial charge < -0.3 is 5.32 Å². The van der Waals surface area contributed by atoms with Crippen molar-refractivity contribution in [3.05, 3.63) is 35.4 Å². The standard InChI is InChI=1S/C20H31N3O2/c1-4-16-10-12-17(13-11-16)14-23(3)15(2)19(24)22-20(25)21-18-8-6-5-7-9-18/h10-13,15,18H,4-9,14H2,1-3H3,(H2,21,22,24,25). The molecule has 0 bridgehead atoms. The summed E-state index contributed by atoms with van der Waals surface area (Å²) in [6, 6.07) is 7.88. The summed E-state index contributed by atoms with van der Waals surface area (Å²) >= 11 is 0. The molecule has 0 spiro atoms. The maximum atomic E-state index is 12.3. The first kappa shape index (κ1) is 19.4. The van der Waals surface area contributed by atoms with Crippen LogP contribution in [0.5, 0.6) is 0 Å². The molecule has 5 nitrogen and oxygen atoms in total. The van der Waals surface area contributed by atoms with Crippen molar-refractivity contribution >= 4 is 11.9 Å². The van der Waals surface area contributed by atoms with Crippen molar-refractivity contribution in [1.82, 2.24) is 15.5 Å². The molecule has 5 heteroatoms. The molecule has 1 unspecified atom stereocenters. The van der Waals surface area contributed by atoms with E-state index in [1.807, 2.05) is 18.9 Å². The molecule has 2 N–H and O–H groups in total. The summed E-state index contributed by atoms with van der Waals surface area (Å²) in [7, 11) is 1.90. The number of nitrogens with one attached hydrogen (secondary N) is 2. The van der Waals surface area contributed by atoms with Crippen molar-refractivity contribution in [2.75, 3.05) is 7.05 Å². The molecule has 2 rings (SSSR count). The Bertz CT molecular complexity index is 565. The van der Waals surface area contributed by atoms with Crippen LogP contribution in [0.15, 0.2) is 24.3 Å². The van der Waals surface area contributed by atoms with Crippen molar-refractivity contribution in [2.24, 2.45) is 0 Å². The van der Waals surface area contributed by atoms with E-state index >= 15 is 0 Å². The molecule has 138 valence electrons. The minimum Gasteiger partial charge on any atom is -0.335 e. The Hall–Kier alpha value is -1.88. The molecule has 0 aliphatic heterocycles. The van der Waals surface area contributed by atoms with Gasteiger partial charge in [0, 0.05) is 12.6 Å². The van der Waals surface area contributed by atoms with Gasteiger partial charge in [0.2, 0.25) is 5.91 Å². The number of likely N-dealkylation sites (N-methyl/N-ethyl adjacent to an activating group) is 1. The fourth-order valence-corrected chi connectivity index (χ4v) is 3.19. The highest BCUT2D eigenvalue weighted by molar-refractivity contribution is 5.96. The van der Waals surface area contributed by atoms with E-state index in [4.69, 9.17) is 0 Å². The molecule has 25 heavy (non-hydrogen) atoms. The highest BCUT2D eigenvalue weighted by Crippen LogP contribution is 2.17. The summed E-state index contributed by atoms with van der Waals surface area (Å²) in [6.45, 7) is 4.62. The number of aryl methyl sites for hydroxylation is 1. The first-order chi connectivity index (χ1) is 12.0. The SMILES string of the molecule is CCc1ccc(CN(C)C(C)C(=O)NC(=O)NC2CCCCC2)cc1. The van der Waals surface area contributed by atoms with E-state index in [2.05, 4.69) is 41.8 Å². The van der Waals surface area contributed by atoms with Gasteiger partial charge in [-0.3, -0.25) is 15.0 Å². The van der Waals surface area contributed by atoms with E-state index in [-0.39, 0.29) is 24.0 Å². The quantitative estimate of drug-likeness (QED) is 0.832. The van der Waals surface area contributed by atoms with Crippen LogP contribution in [-0.4, -0.2) is 36.0 Å². The molecule has 1 aliphatic carbocycles. The third kappa shape index (κ3) is 6.16. The normalized spacial score (nSPS) is 16.5. The summed E-state index contributed by atoms with van der Waals surface area (Å²) in [5.74, 6) is -0.263. The molecule has 1 aromatic carbocycles. The van der Waals surface area contributed by atoms with Crippen LogP contribution < -0.4 is 10.6 Å². The predicted molar refractivity (Wildman–Crippen MR) is 100 cm³/mol. The predicted octanol–water partition coefficient (Wildman–Crippen LogP) is 3.23. The zero-order valence-electron chi connectivity index (χ0n) is 15.7. The van der Waals surface area contributed by atoms with Gasteiger partial charge in [-0.25, -0.2) is 4.79 Å². The number of nitrogens with zero attached hydrogens (tertiary/aromatic N) is 1. The first-order valence-corrected chi connectivity index (χ1v) is 9.39. The molecule has 0 saturated heterocycles. The monoisotopic (exact) mass is 345 g/mol. The number of amides is 3. The van der Waals surface area contributed by atoms with Crippen LogP contribution in [-0.2, 0) is 17.8 Å². The number of benzene rings is 1. The zero-order valence-corrected chi connectivity index (χ0v) is 15.7. The van der Waals surface area contributed by atoms with Crippen LogP contribution in [0.4, 0.5) is 4.79 Å². The third-order valence-electron chi connectivity index (χ3n) is 5.08. The Morgan fingerprint density at radius 3 is 2.32 bits per heavy atom. The van der Waals surface area contributed by atoms with E-state index in [1.54, 1.807) is 0 Å². The lowest BCUT2D eigenvalue weighted by Crippen LogP contribution is -2.50. The number of imide groups is 1. The van der Waals surface area contributed by atoms with Crippen LogP contribution in [0.2, 0.25) is 0 Å². The summed E-state index contributed by atoms with van der Waals surface area (Å²) in [5, 5.41) is 5.40. The van der Waals surface area contributed by atoms with Crippen LogP contribution in [0, 0.1) is 0 Å². The fourth-order valence-electron chi connectivity index (χ4n) is 3.19. The van der Waals surface area contributed by atoms with E-state index in [1.165, 1.54) is 12.0 Å². The molecular formula is C20H31N3O2. The fraction of sp³-hybridized carbons (Fsp3) is 0.600. The number of hydrogen-bond acceptors (Lipinski definition) is 3. The van der Waals surface area contributed by atoms with Gasteiger partial charge in [-0.1, -0.05) is 50.5 Å². The van der Waals surface area contributed by atoms with Crippen molar-refractivity contribution in [2.45, 2.75) is 71.0 Å². The van der Waals surface area contributed by atoms with Crippen molar-refractivity contribution in [3.8, 4) is 0 Å². The number of carbonyl (C=O) groups excluding carboxylic acids is 2. The van der Waals surface area contributed by atoms with Crippen molar-refractivity contribution < 1.29 is 9.59 Å². The van der Waals surface area contributed by atoms with Gasteiger partial charge in [-0.05, 0) is 44.4 Å². The van der Waals surface area contributed by atoms with Gasteiger partial charge in [-0.2, -0.15) is 0 Å². The molecule has 1 atom stereocenters. The number of carbonyl (C=O) groups is 2. The van der Waals surface area contributed by atoms with Crippen LogP contribution in [0.3, 0.4) is 0 Å². The lowest BCUT2D eigenvalue weighted by molar-refractivity contribution is -0.124. The van der Waals surface area contributed by atoms with Crippen LogP contribution >= 0.6 is 0 Å². The molecular weight excluding hydrogens is 314 g/mol. The Labute approximate surface area is 151 Å². The van der Waals surface area contributed by atoms with E-state index < -0.39 is 0 Å². The second kappa shape index (κ2) is 9.56. The van der Waals surface area contributed by atoms with Gasteiger partial charge in [0.05, 0.1) is 6.04 Å². The van der Waals surface area contributed by atoms with Gasteiger partial charge in [0.1, 0.15) is 0 Å². The molecule has 1 fully saturated rings. The largest absolute Gasteiger partial charge is 0.335 e. The minimum atomic E-state index is -0.372. The molecule has 0 heterocycles. The van der Waals surface area contributed by atoms with E-state index in [9.17, 15) is 9.59 Å². The van der Waals surface area contributed by atoms with Crippen molar-refractivity contribution in [3.63, 3.8) is 0 Å². The number of hydrogen-bond donors (Lipinski definition) is 2. The van der Waals surface area contributed by atoms with Crippen LogP contribution in [0.25, 0.3) is 0 Å². The van der Waals surface area contributed by atoms with Gasteiger partial charge in [-0.15, -0.1) is 0 Å². The Kier molecular flexibility index (Phi) is 7.44. The summed E-state index contributed by atoms with van der Waals surface area (Å²) in [4.78, 5) is 26.3. The summed E-state index contributed by atoms with van der Waals surface area (Å²) < 4.78 is 0. The highest BCUT2D eigenvalue weighted by Gasteiger charge is 2.22. The van der Waals surface area contributed by atoms with Crippen molar-refractivity contribution in [1.29, 1.82) is 0 Å². The maximum Gasteiger partial charge on any atom is 0.321 e. The number of urea groups is 1. The maximum absolute atomic E-state index is 12.3. The second-order valence-corrected chi connectivity index (χ2v) is 7.06. The molecule has 0 aromatic heterocycles. The second-order valence-electron chi connectivity index (χ2n) is 7.06. The Morgan fingerprint density at radius 2 is 1.72 bits per heavy atom. The van der Waals surface area contributed by atoms with Gasteiger partial charge >= 0.3 is 6.03 Å². The van der Waals surface area contributed by atoms with Gasteiger partial charge in [0.15, 0.2) is 0 Å². The first-order valence-electron chi connectivity index (χ1n) is 9.39. The summed E-state index contributed by atoms with van der Waals surface area (Å²) in [5.41, 5.74) is 2.46. The lowest BCUT2D eigenvalue weighted by atomic mass is 9.96. The molecule has 1 aliphatic rings. The highest BCUT2D eigenvalue weighted by atomic mass is 16.2. The van der Waals surface area contributed by atoms with Gasteiger partial charge in [0.25, 0.3) is 0 Å². The average Bonchev–Trinajstić information content (AvgIpc) is 2.62. The molecule has 1 saturated carbocycles. The zero-order chi connectivity index (χ0) is 18.2. The minimum absolute atomic E-state index is 0.201. The Morgan fingerprint density at radius 1 is 1.12 bits per heavy atom. The lowest BCUT2D eigenvalue weighted by Gasteiger charge is -2.25.